The first kappa shape index (κ1) is 15.3. The maximum atomic E-state index is 5.54. The molecule has 0 aromatic heterocycles. The summed E-state index contributed by atoms with van der Waals surface area (Å²) >= 11 is 0. The molecule has 1 aromatic carbocycles. The molecule has 1 N–H and O–H groups in total. The van der Waals surface area contributed by atoms with Gasteiger partial charge in [-0.2, -0.15) is 0 Å². The SMILES string of the molecule is CNCc1ccc(OC)c(CN2CC(C)CCC2C)c1. The summed E-state index contributed by atoms with van der Waals surface area (Å²) < 4.78 is 5.54. The van der Waals surface area contributed by atoms with Crippen LogP contribution in [0.4, 0.5) is 0 Å². The summed E-state index contributed by atoms with van der Waals surface area (Å²) in [4.78, 5) is 2.59. The Bertz CT molecular complexity index is 433. The molecular formula is C17H28N2O. The van der Waals surface area contributed by atoms with Crippen molar-refractivity contribution >= 4 is 0 Å². The predicted octanol–water partition coefficient (Wildman–Crippen LogP) is 3.04. The van der Waals surface area contributed by atoms with Gasteiger partial charge in [-0.25, -0.2) is 0 Å². The third-order valence-electron chi connectivity index (χ3n) is 4.35. The zero-order valence-corrected chi connectivity index (χ0v) is 13.3. The summed E-state index contributed by atoms with van der Waals surface area (Å²) in [6, 6.07) is 7.19. The van der Waals surface area contributed by atoms with Crippen molar-refractivity contribution in [3.63, 3.8) is 0 Å². The second-order valence-electron chi connectivity index (χ2n) is 6.14. The highest BCUT2D eigenvalue weighted by molar-refractivity contribution is 5.37. The van der Waals surface area contributed by atoms with Crippen molar-refractivity contribution in [2.75, 3.05) is 20.7 Å². The van der Waals surface area contributed by atoms with Crippen molar-refractivity contribution in [2.45, 2.75) is 45.8 Å². The summed E-state index contributed by atoms with van der Waals surface area (Å²) in [5.74, 6) is 1.81. The molecule has 0 radical (unpaired) electrons. The van der Waals surface area contributed by atoms with Crippen LogP contribution in [0.2, 0.25) is 0 Å². The number of piperidine rings is 1. The Balaban J connectivity index is 2.15. The second-order valence-corrected chi connectivity index (χ2v) is 6.14. The van der Waals surface area contributed by atoms with Gasteiger partial charge in [0.2, 0.25) is 0 Å². The summed E-state index contributed by atoms with van der Waals surface area (Å²) in [6.45, 7) is 7.79. The normalized spacial score (nSPS) is 23.8. The van der Waals surface area contributed by atoms with Crippen molar-refractivity contribution in [1.82, 2.24) is 10.2 Å². The topological polar surface area (TPSA) is 24.5 Å². The van der Waals surface area contributed by atoms with Gasteiger partial charge in [0.15, 0.2) is 0 Å². The van der Waals surface area contributed by atoms with E-state index in [1.807, 2.05) is 7.05 Å². The Morgan fingerprint density at radius 3 is 2.80 bits per heavy atom. The molecule has 1 heterocycles. The first-order valence-electron chi connectivity index (χ1n) is 7.68. The molecule has 0 spiro atoms. The lowest BCUT2D eigenvalue weighted by Gasteiger charge is -2.37. The van der Waals surface area contributed by atoms with Gasteiger partial charge in [0, 0.05) is 31.2 Å². The first-order chi connectivity index (χ1) is 9.63. The van der Waals surface area contributed by atoms with Gasteiger partial charge in [-0.05, 0) is 50.4 Å². The molecule has 0 saturated carbocycles. The fourth-order valence-corrected chi connectivity index (χ4v) is 3.09. The molecule has 1 saturated heterocycles. The molecule has 3 nitrogen and oxygen atoms in total. The van der Waals surface area contributed by atoms with Gasteiger partial charge >= 0.3 is 0 Å². The van der Waals surface area contributed by atoms with E-state index in [9.17, 15) is 0 Å². The van der Waals surface area contributed by atoms with E-state index in [0.717, 1.165) is 24.8 Å². The summed E-state index contributed by atoms with van der Waals surface area (Å²) in [6.07, 6.45) is 2.66. The average molecular weight is 276 g/mol. The van der Waals surface area contributed by atoms with E-state index >= 15 is 0 Å². The van der Waals surface area contributed by atoms with Crippen LogP contribution in [0.15, 0.2) is 18.2 Å². The number of hydrogen-bond acceptors (Lipinski definition) is 3. The van der Waals surface area contributed by atoms with Crippen molar-refractivity contribution in [3.05, 3.63) is 29.3 Å². The fraction of sp³-hybridized carbons (Fsp3) is 0.647. The largest absolute Gasteiger partial charge is 0.496 e. The molecule has 1 aliphatic heterocycles. The maximum Gasteiger partial charge on any atom is 0.123 e. The smallest absolute Gasteiger partial charge is 0.123 e. The number of benzene rings is 1. The van der Waals surface area contributed by atoms with E-state index < -0.39 is 0 Å². The summed E-state index contributed by atoms with van der Waals surface area (Å²) in [7, 11) is 3.75. The predicted molar refractivity (Wildman–Crippen MR) is 84.0 cm³/mol. The minimum atomic E-state index is 0.670. The van der Waals surface area contributed by atoms with E-state index in [2.05, 4.69) is 42.3 Å². The van der Waals surface area contributed by atoms with Crippen LogP contribution in [0.25, 0.3) is 0 Å². The molecule has 3 heteroatoms. The van der Waals surface area contributed by atoms with Gasteiger partial charge in [0.25, 0.3) is 0 Å². The molecular weight excluding hydrogens is 248 g/mol. The number of methoxy groups -OCH3 is 1. The van der Waals surface area contributed by atoms with Crippen LogP contribution in [0.3, 0.4) is 0 Å². The Morgan fingerprint density at radius 1 is 1.30 bits per heavy atom. The third-order valence-corrected chi connectivity index (χ3v) is 4.35. The van der Waals surface area contributed by atoms with Gasteiger partial charge in [-0.1, -0.05) is 13.0 Å². The third kappa shape index (κ3) is 3.74. The molecule has 2 unspecified atom stereocenters. The molecule has 2 atom stereocenters. The van der Waals surface area contributed by atoms with E-state index in [0.29, 0.717) is 6.04 Å². The van der Waals surface area contributed by atoms with Crippen molar-refractivity contribution in [1.29, 1.82) is 0 Å². The van der Waals surface area contributed by atoms with Gasteiger partial charge in [-0.3, -0.25) is 4.90 Å². The number of nitrogens with zero attached hydrogens (tertiary/aromatic N) is 1. The lowest BCUT2D eigenvalue weighted by Crippen LogP contribution is -2.40. The molecule has 2 rings (SSSR count). The lowest BCUT2D eigenvalue weighted by molar-refractivity contribution is 0.116. The van der Waals surface area contributed by atoms with Gasteiger partial charge in [-0.15, -0.1) is 0 Å². The summed E-state index contributed by atoms with van der Waals surface area (Å²) in [5.41, 5.74) is 2.63. The Kier molecular flexibility index (Phi) is 5.44. The first-order valence-corrected chi connectivity index (χ1v) is 7.68. The molecule has 1 aromatic rings. The van der Waals surface area contributed by atoms with Crippen LogP contribution in [-0.4, -0.2) is 31.6 Å². The minimum Gasteiger partial charge on any atom is -0.496 e. The Labute approximate surface area is 123 Å². The fourth-order valence-electron chi connectivity index (χ4n) is 3.09. The zero-order valence-electron chi connectivity index (χ0n) is 13.3. The molecule has 20 heavy (non-hydrogen) atoms. The number of nitrogens with one attached hydrogen (secondary N) is 1. The zero-order chi connectivity index (χ0) is 14.5. The van der Waals surface area contributed by atoms with E-state index in [1.54, 1.807) is 7.11 Å². The Morgan fingerprint density at radius 2 is 2.10 bits per heavy atom. The van der Waals surface area contributed by atoms with Crippen LogP contribution < -0.4 is 10.1 Å². The highest BCUT2D eigenvalue weighted by atomic mass is 16.5. The van der Waals surface area contributed by atoms with E-state index in [-0.39, 0.29) is 0 Å². The van der Waals surface area contributed by atoms with Gasteiger partial charge in [0.1, 0.15) is 5.75 Å². The van der Waals surface area contributed by atoms with Crippen LogP contribution in [0.1, 0.15) is 37.8 Å². The second kappa shape index (κ2) is 7.09. The minimum absolute atomic E-state index is 0.670. The highest BCUT2D eigenvalue weighted by Crippen LogP contribution is 2.27. The molecule has 0 bridgehead atoms. The lowest BCUT2D eigenvalue weighted by atomic mass is 9.94. The molecule has 1 fully saturated rings. The molecule has 0 aliphatic carbocycles. The quantitative estimate of drug-likeness (QED) is 0.894. The monoisotopic (exact) mass is 276 g/mol. The van der Waals surface area contributed by atoms with Crippen LogP contribution >= 0.6 is 0 Å². The molecule has 0 amide bonds. The molecule has 1 aliphatic rings. The van der Waals surface area contributed by atoms with Crippen LogP contribution in [0, 0.1) is 5.92 Å². The standard InChI is InChI=1S/C17H28N2O/c1-13-5-6-14(2)19(11-13)12-16-9-15(10-18-3)7-8-17(16)20-4/h7-9,13-14,18H,5-6,10-12H2,1-4H3. The number of likely N-dealkylation sites (tertiary alicyclic amines) is 1. The molecule has 112 valence electrons. The number of hydrogen-bond donors (Lipinski definition) is 1. The summed E-state index contributed by atoms with van der Waals surface area (Å²) in [5, 5.41) is 3.21. The van der Waals surface area contributed by atoms with E-state index in [1.165, 1.54) is 30.5 Å². The van der Waals surface area contributed by atoms with Crippen LogP contribution in [-0.2, 0) is 13.1 Å². The average Bonchev–Trinajstić information content (AvgIpc) is 2.44. The Hall–Kier alpha value is -1.06. The highest BCUT2D eigenvalue weighted by Gasteiger charge is 2.23. The maximum absolute atomic E-state index is 5.54. The van der Waals surface area contributed by atoms with Crippen LogP contribution in [0.5, 0.6) is 5.75 Å². The van der Waals surface area contributed by atoms with E-state index in [4.69, 9.17) is 4.74 Å². The van der Waals surface area contributed by atoms with Crippen molar-refractivity contribution < 1.29 is 4.74 Å². The van der Waals surface area contributed by atoms with Gasteiger partial charge in [0.05, 0.1) is 7.11 Å². The van der Waals surface area contributed by atoms with Crippen molar-refractivity contribution in [2.24, 2.45) is 5.92 Å². The number of ether oxygens (including phenoxy) is 1. The van der Waals surface area contributed by atoms with Crippen molar-refractivity contribution in [3.8, 4) is 5.75 Å². The van der Waals surface area contributed by atoms with Gasteiger partial charge < -0.3 is 10.1 Å². The number of rotatable bonds is 5.